The van der Waals surface area contributed by atoms with Crippen molar-refractivity contribution >= 4 is 45.1 Å². The number of carbonyl (C=O) groups is 2. The Hall–Kier alpha value is -1.07. The van der Waals surface area contributed by atoms with Gasteiger partial charge in [-0.05, 0) is 40.4 Å². The van der Waals surface area contributed by atoms with Crippen LogP contribution in [0.1, 0.15) is 27.7 Å². The minimum atomic E-state index is -0.900. The van der Waals surface area contributed by atoms with Crippen molar-refractivity contribution in [1.82, 2.24) is 0 Å². The van der Waals surface area contributed by atoms with Crippen molar-refractivity contribution in [3.8, 4) is 0 Å². The number of ether oxygens (including phenoxy) is 1. The molecule has 0 bridgehead atoms. The molecule has 116 valence electrons. The van der Waals surface area contributed by atoms with Gasteiger partial charge in [-0.25, -0.2) is 0 Å². The number of anilines is 1. The highest BCUT2D eigenvalue weighted by atomic mass is 79.9. The average Bonchev–Trinajstić information content (AvgIpc) is 2.33. The summed E-state index contributed by atoms with van der Waals surface area (Å²) in [6, 6.07) is 5.13. The molecule has 1 N–H and O–H groups in total. The van der Waals surface area contributed by atoms with E-state index in [0.717, 1.165) is 0 Å². The van der Waals surface area contributed by atoms with Gasteiger partial charge in [0, 0.05) is 0 Å². The van der Waals surface area contributed by atoms with Crippen molar-refractivity contribution in [2.24, 2.45) is 11.3 Å². The lowest BCUT2D eigenvalue weighted by Gasteiger charge is -2.27. The zero-order valence-corrected chi connectivity index (χ0v) is 14.8. The summed E-state index contributed by atoms with van der Waals surface area (Å²) >= 11 is 9.30. The maximum atomic E-state index is 12.5. The van der Waals surface area contributed by atoms with Crippen molar-refractivity contribution in [3.63, 3.8) is 0 Å². The summed E-state index contributed by atoms with van der Waals surface area (Å²) in [4.78, 5) is 24.5. The molecule has 1 amide bonds. The van der Waals surface area contributed by atoms with E-state index in [4.69, 9.17) is 16.3 Å². The van der Waals surface area contributed by atoms with Gasteiger partial charge in [0.15, 0.2) is 0 Å². The van der Waals surface area contributed by atoms with Crippen LogP contribution in [0.15, 0.2) is 22.7 Å². The molecule has 1 unspecified atom stereocenters. The number of esters is 1. The summed E-state index contributed by atoms with van der Waals surface area (Å²) < 4.78 is 5.59. The Balaban J connectivity index is 3.02. The maximum Gasteiger partial charge on any atom is 0.319 e. The van der Waals surface area contributed by atoms with E-state index in [-0.39, 0.29) is 6.61 Å². The molecule has 0 heterocycles. The minimum Gasteiger partial charge on any atom is -0.465 e. The number of nitrogens with one attached hydrogen (secondary N) is 1. The minimum absolute atomic E-state index is 0.236. The van der Waals surface area contributed by atoms with Gasteiger partial charge in [-0.3, -0.25) is 9.59 Å². The van der Waals surface area contributed by atoms with Crippen LogP contribution in [0.4, 0.5) is 5.69 Å². The standard InChI is InChI=1S/C15H19BrClNO3/c1-5-21-14(20)11(15(2,3)4)13(19)18-10-8-6-7-9(17)12(10)16/h6-8,11H,5H2,1-4H3,(H,18,19). The molecule has 0 radical (unpaired) electrons. The van der Waals surface area contributed by atoms with Crippen molar-refractivity contribution in [1.29, 1.82) is 0 Å². The van der Waals surface area contributed by atoms with E-state index in [1.165, 1.54) is 0 Å². The fourth-order valence-corrected chi connectivity index (χ4v) is 2.42. The number of hydrogen-bond donors (Lipinski definition) is 1. The number of hydrogen-bond acceptors (Lipinski definition) is 3. The van der Waals surface area contributed by atoms with Crippen LogP contribution in [0.5, 0.6) is 0 Å². The monoisotopic (exact) mass is 375 g/mol. The molecule has 0 saturated carbocycles. The number of benzene rings is 1. The molecule has 0 spiro atoms. The van der Waals surface area contributed by atoms with Gasteiger partial charge in [-0.1, -0.05) is 38.4 Å². The zero-order valence-electron chi connectivity index (χ0n) is 12.5. The van der Waals surface area contributed by atoms with Crippen LogP contribution in [-0.2, 0) is 14.3 Å². The Morgan fingerprint density at radius 1 is 1.38 bits per heavy atom. The quantitative estimate of drug-likeness (QED) is 0.631. The zero-order chi connectivity index (χ0) is 16.2. The van der Waals surface area contributed by atoms with E-state index in [2.05, 4.69) is 21.2 Å². The van der Waals surface area contributed by atoms with Gasteiger partial charge in [-0.15, -0.1) is 0 Å². The molecule has 1 aromatic carbocycles. The fourth-order valence-electron chi connectivity index (χ4n) is 1.88. The lowest BCUT2D eigenvalue weighted by atomic mass is 9.80. The average molecular weight is 377 g/mol. The van der Waals surface area contributed by atoms with Crippen molar-refractivity contribution in [2.75, 3.05) is 11.9 Å². The molecule has 1 aromatic rings. The lowest BCUT2D eigenvalue weighted by molar-refractivity contribution is -0.155. The third kappa shape index (κ3) is 4.71. The second-order valence-electron chi connectivity index (χ2n) is 5.64. The molecule has 4 nitrogen and oxygen atoms in total. The van der Waals surface area contributed by atoms with Crippen LogP contribution in [0.2, 0.25) is 5.02 Å². The first kappa shape index (κ1) is 18.0. The van der Waals surface area contributed by atoms with Crippen LogP contribution in [0.3, 0.4) is 0 Å². The van der Waals surface area contributed by atoms with Gasteiger partial charge in [0.05, 0.1) is 21.8 Å². The fraction of sp³-hybridized carbons (Fsp3) is 0.467. The van der Waals surface area contributed by atoms with E-state index >= 15 is 0 Å². The van der Waals surface area contributed by atoms with E-state index in [9.17, 15) is 9.59 Å². The summed E-state index contributed by atoms with van der Waals surface area (Å²) in [5.41, 5.74) is -0.0347. The highest BCUT2D eigenvalue weighted by Gasteiger charge is 2.39. The van der Waals surface area contributed by atoms with Crippen LogP contribution in [0, 0.1) is 11.3 Å². The third-order valence-corrected chi connectivity index (χ3v) is 4.26. The first-order valence-corrected chi connectivity index (χ1v) is 7.77. The van der Waals surface area contributed by atoms with Gasteiger partial charge in [0.2, 0.25) is 5.91 Å². The third-order valence-electron chi connectivity index (χ3n) is 2.86. The molecule has 6 heteroatoms. The SMILES string of the molecule is CCOC(=O)C(C(=O)Nc1cccc(Cl)c1Br)C(C)(C)C. The van der Waals surface area contributed by atoms with E-state index in [1.54, 1.807) is 25.1 Å². The van der Waals surface area contributed by atoms with E-state index < -0.39 is 23.2 Å². The van der Waals surface area contributed by atoms with E-state index in [0.29, 0.717) is 15.2 Å². The summed E-state index contributed by atoms with van der Waals surface area (Å²) in [6.07, 6.45) is 0. The van der Waals surface area contributed by atoms with Crippen LogP contribution in [0.25, 0.3) is 0 Å². The first-order valence-electron chi connectivity index (χ1n) is 6.60. The van der Waals surface area contributed by atoms with Crippen LogP contribution < -0.4 is 5.32 Å². The molecule has 1 atom stereocenters. The van der Waals surface area contributed by atoms with Gasteiger partial charge < -0.3 is 10.1 Å². The number of amides is 1. The predicted molar refractivity (Wildman–Crippen MR) is 87.4 cm³/mol. The van der Waals surface area contributed by atoms with Crippen molar-refractivity contribution in [2.45, 2.75) is 27.7 Å². The predicted octanol–water partition coefficient (Wildman–Crippen LogP) is 4.27. The first-order chi connectivity index (χ1) is 9.68. The second kappa shape index (κ2) is 7.27. The van der Waals surface area contributed by atoms with Gasteiger partial charge in [0.25, 0.3) is 0 Å². The summed E-state index contributed by atoms with van der Waals surface area (Å²) in [7, 11) is 0. The smallest absolute Gasteiger partial charge is 0.319 e. The maximum absolute atomic E-state index is 12.5. The number of halogens is 2. The number of rotatable bonds is 4. The molecular weight excluding hydrogens is 358 g/mol. The molecule has 0 aliphatic rings. The largest absolute Gasteiger partial charge is 0.465 e. The van der Waals surface area contributed by atoms with Crippen molar-refractivity contribution < 1.29 is 14.3 Å². The molecule has 0 aromatic heterocycles. The topological polar surface area (TPSA) is 55.4 Å². The molecule has 0 fully saturated rings. The van der Waals surface area contributed by atoms with Crippen LogP contribution >= 0.6 is 27.5 Å². The molecular formula is C15H19BrClNO3. The number of carbonyl (C=O) groups excluding carboxylic acids is 2. The summed E-state index contributed by atoms with van der Waals surface area (Å²) in [5.74, 6) is -1.84. The van der Waals surface area contributed by atoms with Crippen molar-refractivity contribution in [3.05, 3.63) is 27.7 Å². The Labute approximate surface area is 138 Å². The van der Waals surface area contributed by atoms with Crippen LogP contribution in [-0.4, -0.2) is 18.5 Å². The molecule has 0 aliphatic heterocycles. The summed E-state index contributed by atoms with van der Waals surface area (Å²) in [5, 5.41) is 3.21. The molecule has 21 heavy (non-hydrogen) atoms. The second-order valence-corrected chi connectivity index (χ2v) is 6.84. The summed E-state index contributed by atoms with van der Waals surface area (Å²) in [6.45, 7) is 7.41. The van der Waals surface area contributed by atoms with E-state index in [1.807, 2.05) is 20.8 Å². The Kier molecular flexibility index (Phi) is 6.23. The molecule has 0 aliphatic carbocycles. The Morgan fingerprint density at radius 3 is 2.52 bits per heavy atom. The van der Waals surface area contributed by atoms with Gasteiger partial charge in [0.1, 0.15) is 5.92 Å². The highest BCUT2D eigenvalue weighted by Crippen LogP contribution is 2.33. The Morgan fingerprint density at radius 2 is 2.00 bits per heavy atom. The normalized spacial score (nSPS) is 12.7. The molecule has 0 saturated heterocycles. The van der Waals surface area contributed by atoms with Gasteiger partial charge in [-0.2, -0.15) is 0 Å². The lowest BCUT2D eigenvalue weighted by Crippen LogP contribution is -2.40. The van der Waals surface area contributed by atoms with Gasteiger partial charge >= 0.3 is 5.97 Å². The molecule has 1 rings (SSSR count). The highest BCUT2D eigenvalue weighted by molar-refractivity contribution is 9.10. The Bertz CT molecular complexity index is 540.